The number of halogens is 3. The number of ketones is 1. The van der Waals surface area contributed by atoms with Gasteiger partial charge in [0, 0.05) is 13.0 Å². The zero-order chi connectivity index (χ0) is 14.9. The minimum absolute atomic E-state index is 0.188. The summed E-state index contributed by atoms with van der Waals surface area (Å²) in [6.45, 7) is 1.15. The number of alkyl halides is 3. The minimum Gasteiger partial charge on any atom is -0.293 e. The molecule has 0 aliphatic rings. The Kier molecular flexibility index (Phi) is 3.32. The molecule has 0 radical (unpaired) electrons. The molecular formula is C13H8F3N3O. The van der Waals surface area contributed by atoms with Crippen LogP contribution >= 0.6 is 0 Å². The zero-order valence-corrected chi connectivity index (χ0v) is 10.3. The summed E-state index contributed by atoms with van der Waals surface area (Å²) in [7, 11) is 0. The number of benzene rings is 1. The summed E-state index contributed by atoms with van der Waals surface area (Å²) in [5.41, 5.74) is -0.844. The van der Waals surface area contributed by atoms with Crippen molar-refractivity contribution < 1.29 is 18.0 Å². The second-order valence-electron chi connectivity index (χ2n) is 4.04. The zero-order valence-electron chi connectivity index (χ0n) is 10.3. The maximum absolute atomic E-state index is 12.7. The van der Waals surface area contributed by atoms with Crippen LogP contribution in [0.25, 0.3) is 5.69 Å². The molecule has 0 unspecified atom stereocenters. The lowest BCUT2D eigenvalue weighted by Gasteiger charge is -2.05. The van der Waals surface area contributed by atoms with Crippen LogP contribution in [0.5, 0.6) is 0 Å². The lowest BCUT2D eigenvalue weighted by Crippen LogP contribution is -2.08. The molecule has 0 aliphatic carbocycles. The molecule has 102 valence electrons. The first-order valence-corrected chi connectivity index (χ1v) is 5.51. The van der Waals surface area contributed by atoms with Gasteiger partial charge in [0.05, 0.1) is 17.3 Å². The van der Waals surface area contributed by atoms with Gasteiger partial charge < -0.3 is 0 Å². The van der Waals surface area contributed by atoms with Crippen molar-refractivity contribution in [3.05, 3.63) is 47.3 Å². The number of Topliss-reactive ketones (excluding diaryl/α,β-unsaturated/α-hetero) is 1. The summed E-state index contributed by atoms with van der Waals surface area (Å²) >= 11 is 0. The molecule has 1 aromatic heterocycles. The predicted molar refractivity (Wildman–Crippen MR) is 63.3 cm³/mol. The van der Waals surface area contributed by atoms with Crippen LogP contribution in [0.4, 0.5) is 13.2 Å². The van der Waals surface area contributed by atoms with Gasteiger partial charge in [-0.3, -0.25) is 4.79 Å². The summed E-state index contributed by atoms with van der Waals surface area (Å²) < 4.78 is 38.9. The lowest BCUT2D eigenvalue weighted by atomic mass is 10.2. The van der Waals surface area contributed by atoms with E-state index in [1.54, 1.807) is 0 Å². The maximum Gasteiger partial charge on any atom is 0.435 e. The molecule has 2 aromatic rings. The van der Waals surface area contributed by atoms with Gasteiger partial charge in [-0.2, -0.15) is 23.5 Å². The average molecular weight is 279 g/mol. The van der Waals surface area contributed by atoms with Crippen LogP contribution in [0.1, 0.15) is 28.7 Å². The fourth-order valence-electron chi connectivity index (χ4n) is 1.67. The minimum atomic E-state index is -4.64. The summed E-state index contributed by atoms with van der Waals surface area (Å²) in [5, 5.41) is 12.2. The van der Waals surface area contributed by atoms with E-state index in [-0.39, 0.29) is 16.9 Å². The SMILES string of the molecule is CC(=O)c1cc(C(F)(F)F)nn1-c1cccc(C#N)c1. The smallest absolute Gasteiger partial charge is 0.293 e. The summed E-state index contributed by atoms with van der Waals surface area (Å²) in [6.07, 6.45) is -4.64. The Balaban J connectivity index is 2.63. The van der Waals surface area contributed by atoms with Gasteiger partial charge in [0.2, 0.25) is 0 Å². The Labute approximate surface area is 112 Å². The molecule has 20 heavy (non-hydrogen) atoms. The van der Waals surface area contributed by atoms with Crippen molar-refractivity contribution in [2.75, 3.05) is 0 Å². The number of nitrogens with zero attached hydrogens (tertiary/aromatic N) is 3. The number of nitriles is 1. The predicted octanol–water partition coefficient (Wildman–Crippen LogP) is 2.97. The molecule has 0 saturated carbocycles. The van der Waals surface area contributed by atoms with E-state index in [0.29, 0.717) is 6.07 Å². The first-order chi connectivity index (χ1) is 9.32. The van der Waals surface area contributed by atoms with E-state index < -0.39 is 17.7 Å². The van der Waals surface area contributed by atoms with E-state index in [1.807, 2.05) is 6.07 Å². The number of aromatic nitrogens is 2. The molecule has 4 nitrogen and oxygen atoms in total. The molecule has 0 spiro atoms. The molecule has 0 atom stereocenters. The van der Waals surface area contributed by atoms with Crippen LogP contribution in [-0.2, 0) is 6.18 Å². The van der Waals surface area contributed by atoms with Gasteiger partial charge in [-0.15, -0.1) is 0 Å². The number of carbonyl (C=O) groups excluding carboxylic acids is 1. The third-order valence-electron chi connectivity index (χ3n) is 2.58. The van der Waals surface area contributed by atoms with Gasteiger partial charge in [0.1, 0.15) is 5.69 Å². The lowest BCUT2D eigenvalue weighted by molar-refractivity contribution is -0.141. The highest BCUT2D eigenvalue weighted by molar-refractivity contribution is 5.93. The molecular weight excluding hydrogens is 271 g/mol. The van der Waals surface area contributed by atoms with Crippen LogP contribution in [0.3, 0.4) is 0 Å². The monoisotopic (exact) mass is 279 g/mol. The molecule has 1 heterocycles. The van der Waals surface area contributed by atoms with E-state index in [0.717, 1.165) is 11.6 Å². The van der Waals surface area contributed by atoms with Crippen molar-refractivity contribution in [2.24, 2.45) is 0 Å². The van der Waals surface area contributed by atoms with Gasteiger partial charge >= 0.3 is 6.18 Å². The second-order valence-corrected chi connectivity index (χ2v) is 4.04. The normalized spacial score (nSPS) is 11.2. The second kappa shape index (κ2) is 4.81. The van der Waals surface area contributed by atoms with Crippen LogP contribution in [0.15, 0.2) is 30.3 Å². The first kappa shape index (κ1) is 13.8. The first-order valence-electron chi connectivity index (χ1n) is 5.51. The molecule has 0 fully saturated rings. The fraction of sp³-hybridized carbons (Fsp3) is 0.154. The van der Waals surface area contributed by atoms with Crippen molar-refractivity contribution in [2.45, 2.75) is 13.1 Å². The van der Waals surface area contributed by atoms with Crippen LogP contribution in [-0.4, -0.2) is 15.6 Å². The standard InChI is InChI=1S/C13H8F3N3O/c1-8(20)11-6-12(13(14,15)16)18-19(11)10-4-2-3-9(5-10)7-17/h2-6H,1H3. The Hall–Kier alpha value is -2.62. The van der Waals surface area contributed by atoms with Crippen molar-refractivity contribution in [1.29, 1.82) is 5.26 Å². The molecule has 0 bridgehead atoms. The quantitative estimate of drug-likeness (QED) is 0.794. The molecule has 0 amide bonds. The van der Waals surface area contributed by atoms with Crippen molar-refractivity contribution in [3.8, 4) is 11.8 Å². The summed E-state index contributed by atoms with van der Waals surface area (Å²) in [4.78, 5) is 11.4. The summed E-state index contributed by atoms with van der Waals surface area (Å²) in [6, 6.07) is 8.42. The third-order valence-corrected chi connectivity index (χ3v) is 2.58. The molecule has 0 aliphatic heterocycles. The number of hydrogen-bond donors (Lipinski definition) is 0. The maximum atomic E-state index is 12.7. The van der Waals surface area contributed by atoms with E-state index in [1.165, 1.54) is 24.3 Å². The highest BCUT2D eigenvalue weighted by atomic mass is 19.4. The molecule has 7 heteroatoms. The van der Waals surface area contributed by atoms with Gasteiger partial charge in [-0.1, -0.05) is 6.07 Å². The average Bonchev–Trinajstić information content (AvgIpc) is 2.84. The van der Waals surface area contributed by atoms with Crippen molar-refractivity contribution in [3.63, 3.8) is 0 Å². The van der Waals surface area contributed by atoms with E-state index in [4.69, 9.17) is 5.26 Å². The molecule has 0 N–H and O–H groups in total. The van der Waals surface area contributed by atoms with E-state index >= 15 is 0 Å². The molecule has 1 aromatic carbocycles. The van der Waals surface area contributed by atoms with E-state index in [9.17, 15) is 18.0 Å². The Morgan fingerprint density at radius 3 is 2.60 bits per heavy atom. The fourth-order valence-corrected chi connectivity index (χ4v) is 1.67. The number of hydrogen-bond acceptors (Lipinski definition) is 3. The Morgan fingerprint density at radius 2 is 2.05 bits per heavy atom. The molecule has 0 saturated heterocycles. The van der Waals surface area contributed by atoms with Crippen LogP contribution in [0, 0.1) is 11.3 Å². The highest BCUT2D eigenvalue weighted by Crippen LogP contribution is 2.29. The van der Waals surface area contributed by atoms with E-state index in [2.05, 4.69) is 5.10 Å². The van der Waals surface area contributed by atoms with Crippen LogP contribution < -0.4 is 0 Å². The van der Waals surface area contributed by atoms with Crippen LogP contribution in [0.2, 0.25) is 0 Å². The highest BCUT2D eigenvalue weighted by Gasteiger charge is 2.35. The van der Waals surface area contributed by atoms with Crippen molar-refractivity contribution >= 4 is 5.78 Å². The Morgan fingerprint density at radius 1 is 1.35 bits per heavy atom. The molecule has 2 rings (SSSR count). The largest absolute Gasteiger partial charge is 0.435 e. The van der Waals surface area contributed by atoms with Gasteiger partial charge in [-0.05, 0) is 18.2 Å². The van der Waals surface area contributed by atoms with Crippen molar-refractivity contribution in [1.82, 2.24) is 9.78 Å². The number of carbonyl (C=O) groups is 1. The van der Waals surface area contributed by atoms with Gasteiger partial charge in [0.25, 0.3) is 0 Å². The van der Waals surface area contributed by atoms with Gasteiger partial charge in [0.15, 0.2) is 11.5 Å². The van der Waals surface area contributed by atoms with Gasteiger partial charge in [-0.25, -0.2) is 4.68 Å². The third kappa shape index (κ3) is 2.54. The number of rotatable bonds is 2. The topological polar surface area (TPSA) is 58.7 Å². The Bertz CT molecular complexity index is 710. The summed E-state index contributed by atoms with van der Waals surface area (Å²) in [5.74, 6) is -0.546.